The van der Waals surface area contributed by atoms with Gasteiger partial charge in [0.15, 0.2) is 0 Å². The fourth-order valence-electron chi connectivity index (χ4n) is 6.75. The number of aryl methyl sites for hydroxylation is 1. The quantitative estimate of drug-likeness (QED) is 0.148. The minimum atomic E-state index is -4.94. The van der Waals surface area contributed by atoms with Crippen LogP contribution >= 0.6 is 0 Å². The van der Waals surface area contributed by atoms with E-state index in [4.69, 9.17) is 9.72 Å². The van der Waals surface area contributed by atoms with E-state index in [2.05, 4.69) is 25.8 Å². The zero-order chi connectivity index (χ0) is 34.3. The van der Waals surface area contributed by atoms with Gasteiger partial charge in [0.1, 0.15) is 11.6 Å². The molecule has 3 heterocycles. The summed E-state index contributed by atoms with van der Waals surface area (Å²) in [6, 6.07) is 9.86. The number of rotatable bonds is 11. The van der Waals surface area contributed by atoms with Crippen LogP contribution in [0.3, 0.4) is 0 Å². The molecule has 3 fully saturated rings. The molecule has 6 nitrogen and oxygen atoms in total. The van der Waals surface area contributed by atoms with Crippen molar-refractivity contribution in [3.63, 3.8) is 0 Å². The molecule has 0 radical (unpaired) electrons. The van der Waals surface area contributed by atoms with E-state index in [0.717, 1.165) is 84.4 Å². The average molecular weight is 684 g/mol. The minimum Gasteiger partial charge on any atom is -0.378 e. The van der Waals surface area contributed by atoms with Crippen LogP contribution in [0, 0.1) is 18.8 Å². The molecule has 0 N–H and O–H groups in total. The lowest BCUT2D eigenvalue weighted by Gasteiger charge is -2.29. The van der Waals surface area contributed by atoms with Crippen LogP contribution in [0.15, 0.2) is 54.9 Å². The lowest BCUT2D eigenvalue weighted by atomic mass is 9.89. The number of anilines is 2. The predicted molar refractivity (Wildman–Crippen MR) is 176 cm³/mol. The lowest BCUT2D eigenvalue weighted by molar-refractivity contribution is -0.143. The molecule has 2 aromatic heterocycles. The van der Waals surface area contributed by atoms with E-state index < -0.39 is 29.4 Å². The highest BCUT2D eigenvalue weighted by Gasteiger charge is 2.38. The number of ether oxygens (including phenoxy) is 1. The van der Waals surface area contributed by atoms with Gasteiger partial charge in [0.2, 0.25) is 0 Å². The van der Waals surface area contributed by atoms with Crippen LogP contribution < -0.4 is 9.80 Å². The average Bonchev–Trinajstić information content (AvgIpc) is 4.02. The molecule has 1 aliphatic heterocycles. The summed E-state index contributed by atoms with van der Waals surface area (Å²) >= 11 is 0. The Morgan fingerprint density at radius 3 is 2.02 bits per heavy atom. The summed E-state index contributed by atoms with van der Waals surface area (Å²) in [5.74, 6) is 1.72. The highest BCUT2D eigenvalue weighted by molar-refractivity contribution is 5.84. The topological polar surface area (TPSA) is 54.4 Å². The molecule has 0 bridgehead atoms. The Morgan fingerprint density at radius 1 is 0.837 bits per heavy atom. The Balaban J connectivity index is 1.31. The molecular formula is C37H39F6N5O. The summed E-state index contributed by atoms with van der Waals surface area (Å²) in [5, 5.41) is 0.928. The maximum absolute atomic E-state index is 13.9. The largest absolute Gasteiger partial charge is 0.416 e. The molecule has 4 aromatic rings. The zero-order valence-corrected chi connectivity index (χ0v) is 27.3. The van der Waals surface area contributed by atoms with E-state index in [1.807, 2.05) is 25.1 Å². The van der Waals surface area contributed by atoms with Crippen molar-refractivity contribution in [2.24, 2.45) is 11.8 Å². The van der Waals surface area contributed by atoms with Gasteiger partial charge in [-0.1, -0.05) is 18.2 Å². The standard InChI is InChI=1S/C37H39F6N5O/c1-23-3-2-4-27-16-29(35(46-33(23)27)48(21-24-5-6-24)22-25-7-8-25)17-28(34-44-19-32(20-45-34)47-9-11-49-12-10-47)13-26-14-30(36(38,39)40)18-31(15-26)37(41,42)43/h2-4,14-16,18-20,24-25,28H,5-13,17,21-22H2,1H3. The number of benzene rings is 2. The van der Waals surface area contributed by atoms with Crippen LogP contribution in [0.1, 0.15) is 65.2 Å². The SMILES string of the molecule is Cc1cccc2cc(CC(Cc3cc(C(F)(F)F)cc(C(F)(F)F)c3)c3ncc(N4CCOCC4)cn3)c(N(CC3CC3)CC3CC3)nc12. The molecule has 7 rings (SSSR count). The number of para-hydroxylation sites is 1. The molecule has 260 valence electrons. The van der Waals surface area contributed by atoms with E-state index in [-0.39, 0.29) is 24.5 Å². The summed E-state index contributed by atoms with van der Waals surface area (Å²) in [4.78, 5) is 19.0. The van der Waals surface area contributed by atoms with Crippen molar-refractivity contribution in [1.82, 2.24) is 15.0 Å². The Labute approximate surface area is 281 Å². The first-order valence-corrected chi connectivity index (χ1v) is 17.0. The second-order valence-corrected chi connectivity index (χ2v) is 13.8. The van der Waals surface area contributed by atoms with Crippen molar-refractivity contribution in [3.05, 3.63) is 88.5 Å². The Bertz CT molecular complexity index is 1730. The fraction of sp³-hybridized carbons (Fsp3) is 0.486. The van der Waals surface area contributed by atoms with Crippen LogP contribution in [0.25, 0.3) is 10.9 Å². The maximum atomic E-state index is 13.9. The molecule has 3 aliphatic rings. The summed E-state index contributed by atoms with van der Waals surface area (Å²) in [5.41, 5.74) is 0.845. The second kappa shape index (κ2) is 13.4. The van der Waals surface area contributed by atoms with Gasteiger partial charge in [-0.2, -0.15) is 26.3 Å². The number of aromatic nitrogens is 3. The molecule has 1 unspecified atom stereocenters. The van der Waals surface area contributed by atoms with Crippen LogP contribution in [0.5, 0.6) is 0 Å². The smallest absolute Gasteiger partial charge is 0.378 e. The Hall–Kier alpha value is -3.93. The van der Waals surface area contributed by atoms with Crippen molar-refractivity contribution in [3.8, 4) is 0 Å². The van der Waals surface area contributed by atoms with E-state index in [0.29, 0.717) is 44.0 Å². The van der Waals surface area contributed by atoms with Gasteiger partial charge in [0, 0.05) is 37.5 Å². The third-order valence-electron chi connectivity index (χ3n) is 9.75. The second-order valence-electron chi connectivity index (χ2n) is 13.8. The zero-order valence-electron chi connectivity index (χ0n) is 27.3. The van der Waals surface area contributed by atoms with Gasteiger partial charge in [0.05, 0.1) is 47.9 Å². The Morgan fingerprint density at radius 2 is 1.45 bits per heavy atom. The first kappa shape index (κ1) is 33.6. The van der Waals surface area contributed by atoms with Gasteiger partial charge in [0.25, 0.3) is 0 Å². The van der Waals surface area contributed by atoms with Gasteiger partial charge in [-0.25, -0.2) is 15.0 Å². The third-order valence-corrected chi connectivity index (χ3v) is 9.75. The Kier molecular flexibility index (Phi) is 9.19. The molecular weight excluding hydrogens is 644 g/mol. The summed E-state index contributed by atoms with van der Waals surface area (Å²) in [6.07, 6.45) is -1.72. The summed E-state index contributed by atoms with van der Waals surface area (Å²) in [7, 11) is 0. The normalized spacial score (nSPS) is 17.8. The van der Waals surface area contributed by atoms with Gasteiger partial charge in [-0.15, -0.1) is 0 Å². The number of halogens is 6. The first-order valence-electron chi connectivity index (χ1n) is 17.0. The predicted octanol–water partition coefficient (Wildman–Crippen LogP) is 8.40. The molecule has 1 atom stereocenters. The number of nitrogens with zero attached hydrogens (tertiary/aromatic N) is 5. The van der Waals surface area contributed by atoms with Crippen molar-refractivity contribution in [2.75, 3.05) is 49.2 Å². The van der Waals surface area contributed by atoms with E-state index in [1.165, 1.54) is 0 Å². The highest BCUT2D eigenvalue weighted by atomic mass is 19.4. The number of alkyl halides is 6. The highest BCUT2D eigenvalue weighted by Crippen LogP contribution is 2.40. The number of hydrogen-bond acceptors (Lipinski definition) is 6. The molecule has 12 heteroatoms. The van der Waals surface area contributed by atoms with Crippen LogP contribution in [0.4, 0.5) is 37.8 Å². The van der Waals surface area contributed by atoms with Crippen molar-refractivity contribution in [1.29, 1.82) is 0 Å². The van der Waals surface area contributed by atoms with Crippen molar-refractivity contribution in [2.45, 2.75) is 63.7 Å². The maximum Gasteiger partial charge on any atom is 0.416 e. The van der Waals surface area contributed by atoms with Crippen molar-refractivity contribution < 1.29 is 31.1 Å². The summed E-state index contributed by atoms with van der Waals surface area (Å²) in [6.45, 7) is 6.22. The van der Waals surface area contributed by atoms with E-state index in [9.17, 15) is 26.3 Å². The summed E-state index contributed by atoms with van der Waals surface area (Å²) < 4.78 is 88.8. The molecule has 0 amide bonds. The number of morpholine rings is 1. The molecule has 49 heavy (non-hydrogen) atoms. The molecule has 0 spiro atoms. The third kappa shape index (κ3) is 8.11. The van der Waals surface area contributed by atoms with Gasteiger partial charge in [-0.3, -0.25) is 0 Å². The van der Waals surface area contributed by atoms with Crippen LogP contribution in [-0.4, -0.2) is 54.3 Å². The van der Waals surface area contributed by atoms with Crippen LogP contribution in [0.2, 0.25) is 0 Å². The number of pyridine rings is 1. The molecule has 2 saturated carbocycles. The number of hydrogen-bond donors (Lipinski definition) is 0. The van der Waals surface area contributed by atoms with E-state index >= 15 is 0 Å². The van der Waals surface area contributed by atoms with Crippen LogP contribution in [-0.2, 0) is 29.9 Å². The monoisotopic (exact) mass is 683 g/mol. The fourth-order valence-corrected chi connectivity index (χ4v) is 6.75. The van der Waals surface area contributed by atoms with Gasteiger partial charge >= 0.3 is 12.4 Å². The van der Waals surface area contributed by atoms with Gasteiger partial charge in [-0.05, 0) is 98.2 Å². The lowest BCUT2D eigenvalue weighted by Crippen LogP contribution is -2.36. The molecule has 1 saturated heterocycles. The first-order chi connectivity index (χ1) is 23.4. The minimum absolute atomic E-state index is 0.0769. The van der Waals surface area contributed by atoms with E-state index in [1.54, 1.807) is 12.4 Å². The number of fused-ring (bicyclic) bond motifs is 1. The molecule has 2 aliphatic carbocycles. The molecule has 2 aromatic carbocycles. The van der Waals surface area contributed by atoms with Crippen molar-refractivity contribution >= 4 is 22.4 Å². The van der Waals surface area contributed by atoms with Gasteiger partial charge < -0.3 is 14.5 Å².